The molecule has 2 rings (SSSR count). The second kappa shape index (κ2) is 6.55. The number of hydrogen-bond donors (Lipinski definition) is 1. The molecule has 1 atom stereocenters. The van der Waals surface area contributed by atoms with Crippen LogP contribution in [0.1, 0.15) is 39.0 Å². The Bertz CT molecular complexity index is 251. The summed E-state index contributed by atoms with van der Waals surface area (Å²) in [4.78, 5) is 5.02. The number of likely N-dealkylation sites (tertiary alicyclic amines) is 2. The molecule has 0 aliphatic carbocycles. The molecule has 0 aromatic rings. The summed E-state index contributed by atoms with van der Waals surface area (Å²) in [6.07, 6.45) is 6.62. The molecule has 1 unspecified atom stereocenters. The van der Waals surface area contributed by atoms with Crippen molar-refractivity contribution in [2.45, 2.75) is 45.1 Å². The summed E-state index contributed by atoms with van der Waals surface area (Å²) in [5.41, 5.74) is 0. The van der Waals surface area contributed by atoms with E-state index in [2.05, 4.69) is 22.0 Å². The average molecular weight is 255 g/mol. The van der Waals surface area contributed by atoms with Crippen LogP contribution in [0.3, 0.4) is 0 Å². The maximum Gasteiger partial charge on any atom is 0.168 e. The van der Waals surface area contributed by atoms with Gasteiger partial charge in [-0.15, -0.1) is 0 Å². The zero-order valence-electron chi connectivity index (χ0n) is 11.0. The number of nitrogens with zero attached hydrogens (tertiary/aromatic N) is 2. The lowest BCUT2D eigenvalue weighted by Crippen LogP contribution is -2.43. The van der Waals surface area contributed by atoms with Crippen molar-refractivity contribution in [3.63, 3.8) is 0 Å². The van der Waals surface area contributed by atoms with Gasteiger partial charge in [0, 0.05) is 25.7 Å². The summed E-state index contributed by atoms with van der Waals surface area (Å²) < 4.78 is 0. The Morgan fingerprint density at radius 3 is 2.71 bits per heavy atom. The molecule has 0 bridgehead atoms. The van der Waals surface area contributed by atoms with Gasteiger partial charge in [0.25, 0.3) is 0 Å². The van der Waals surface area contributed by atoms with Crippen LogP contribution in [0, 0.1) is 0 Å². The van der Waals surface area contributed by atoms with Crippen LogP contribution in [0.25, 0.3) is 0 Å². The number of thiocarbonyl (C=S) groups is 1. The van der Waals surface area contributed by atoms with Gasteiger partial charge >= 0.3 is 0 Å². The molecular formula is C13H25N3S. The largest absolute Gasteiger partial charge is 0.363 e. The molecule has 3 nitrogen and oxygen atoms in total. The van der Waals surface area contributed by atoms with Gasteiger partial charge in [-0.05, 0) is 51.0 Å². The molecule has 2 heterocycles. The fraction of sp³-hybridized carbons (Fsp3) is 0.923. The fourth-order valence-electron chi connectivity index (χ4n) is 2.85. The molecule has 0 radical (unpaired) electrons. The Balaban J connectivity index is 1.76. The molecule has 0 spiro atoms. The van der Waals surface area contributed by atoms with Crippen molar-refractivity contribution >= 4 is 17.3 Å². The van der Waals surface area contributed by atoms with E-state index in [4.69, 9.17) is 12.2 Å². The minimum atomic E-state index is 0.747. The van der Waals surface area contributed by atoms with E-state index in [9.17, 15) is 0 Å². The van der Waals surface area contributed by atoms with Crippen molar-refractivity contribution in [1.29, 1.82) is 0 Å². The van der Waals surface area contributed by atoms with E-state index in [0.717, 1.165) is 37.2 Å². The Morgan fingerprint density at radius 2 is 2.00 bits per heavy atom. The van der Waals surface area contributed by atoms with Crippen molar-refractivity contribution < 1.29 is 0 Å². The van der Waals surface area contributed by atoms with E-state index >= 15 is 0 Å². The first-order valence-corrected chi connectivity index (χ1v) is 7.49. The first kappa shape index (κ1) is 13.1. The molecule has 2 aliphatic heterocycles. The van der Waals surface area contributed by atoms with Crippen LogP contribution in [-0.2, 0) is 0 Å². The van der Waals surface area contributed by atoms with Crippen LogP contribution >= 0.6 is 12.2 Å². The van der Waals surface area contributed by atoms with Crippen molar-refractivity contribution in [3.8, 4) is 0 Å². The highest BCUT2D eigenvalue weighted by molar-refractivity contribution is 7.80. The molecule has 0 aromatic heterocycles. The predicted octanol–water partition coefficient (Wildman–Crippen LogP) is 1.83. The van der Waals surface area contributed by atoms with Gasteiger partial charge in [0.2, 0.25) is 0 Å². The molecule has 0 amide bonds. The molecule has 0 aromatic carbocycles. The van der Waals surface area contributed by atoms with Crippen LogP contribution in [-0.4, -0.2) is 53.7 Å². The van der Waals surface area contributed by atoms with Gasteiger partial charge in [0.15, 0.2) is 5.11 Å². The Kier molecular flexibility index (Phi) is 5.04. The minimum absolute atomic E-state index is 0.747. The first-order valence-electron chi connectivity index (χ1n) is 7.08. The van der Waals surface area contributed by atoms with Gasteiger partial charge < -0.3 is 10.2 Å². The van der Waals surface area contributed by atoms with Crippen molar-refractivity contribution in [3.05, 3.63) is 0 Å². The van der Waals surface area contributed by atoms with Crippen LogP contribution in [0.2, 0.25) is 0 Å². The molecule has 17 heavy (non-hydrogen) atoms. The lowest BCUT2D eigenvalue weighted by atomic mass is 10.1. The molecule has 2 fully saturated rings. The highest BCUT2D eigenvalue weighted by atomic mass is 32.1. The molecule has 4 heteroatoms. The van der Waals surface area contributed by atoms with Crippen LogP contribution < -0.4 is 5.32 Å². The second-order valence-electron chi connectivity index (χ2n) is 5.22. The summed E-state index contributed by atoms with van der Waals surface area (Å²) in [5, 5.41) is 4.30. The van der Waals surface area contributed by atoms with Crippen molar-refractivity contribution in [2.24, 2.45) is 0 Å². The smallest absolute Gasteiger partial charge is 0.168 e. The lowest BCUT2D eigenvalue weighted by molar-refractivity contribution is 0.169. The van der Waals surface area contributed by atoms with E-state index in [1.807, 2.05) is 0 Å². The van der Waals surface area contributed by atoms with Gasteiger partial charge in [-0.3, -0.25) is 4.90 Å². The van der Waals surface area contributed by atoms with Crippen LogP contribution in [0.15, 0.2) is 0 Å². The second-order valence-corrected chi connectivity index (χ2v) is 5.60. The Hall–Kier alpha value is -0.350. The standard InChI is InChI=1S/C13H25N3S/c1-2-7-14-13(17)16-10-6-12(11-16)15-8-4-3-5-9-15/h12H,2-11H2,1H3,(H,14,17). The van der Waals surface area contributed by atoms with Crippen molar-refractivity contribution in [2.75, 3.05) is 32.7 Å². The van der Waals surface area contributed by atoms with E-state index in [1.165, 1.54) is 38.8 Å². The van der Waals surface area contributed by atoms with Gasteiger partial charge in [-0.25, -0.2) is 0 Å². The lowest BCUT2D eigenvalue weighted by Gasteiger charge is -2.32. The average Bonchev–Trinajstić information content (AvgIpc) is 2.86. The van der Waals surface area contributed by atoms with Crippen LogP contribution in [0.4, 0.5) is 0 Å². The van der Waals surface area contributed by atoms with Crippen molar-refractivity contribution in [1.82, 2.24) is 15.1 Å². The SMILES string of the molecule is CCCNC(=S)N1CCC(N2CCCCC2)C1. The fourth-order valence-corrected chi connectivity index (χ4v) is 3.12. The molecule has 0 saturated carbocycles. The molecular weight excluding hydrogens is 230 g/mol. The predicted molar refractivity (Wildman–Crippen MR) is 76.3 cm³/mol. The highest BCUT2D eigenvalue weighted by Gasteiger charge is 2.29. The molecule has 1 N–H and O–H groups in total. The van der Waals surface area contributed by atoms with Gasteiger partial charge in [-0.2, -0.15) is 0 Å². The number of piperidine rings is 1. The third-order valence-electron chi connectivity index (χ3n) is 3.88. The minimum Gasteiger partial charge on any atom is -0.363 e. The number of hydrogen-bond acceptors (Lipinski definition) is 2. The van der Waals surface area contributed by atoms with Gasteiger partial charge in [-0.1, -0.05) is 13.3 Å². The molecule has 2 saturated heterocycles. The third-order valence-corrected chi connectivity index (χ3v) is 4.29. The normalized spacial score (nSPS) is 26.2. The third kappa shape index (κ3) is 3.55. The summed E-state index contributed by atoms with van der Waals surface area (Å²) in [6.45, 7) is 8.05. The quantitative estimate of drug-likeness (QED) is 0.775. The summed E-state index contributed by atoms with van der Waals surface area (Å²) in [7, 11) is 0. The maximum absolute atomic E-state index is 5.43. The molecule has 98 valence electrons. The Labute approximate surface area is 111 Å². The van der Waals surface area contributed by atoms with Crippen LogP contribution in [0.5, 0.6) is 0 Å². The zero-order chi connectivity index (χ0) is 12.1. The van der Waals surface area contributed by atoms with E-state index in [1.54, 1.807) is 0 Å². The monoisotopic (exact) mass is 255 g/mol. The van der Waals surface area contributed by atoms with Gasteiger partial charge in [0.05, 0.1) is 0 Å². The summed E-state index contributed by atoms with van der Waals surface area (Å²) in [6, 6.07) is 0.747. The summed E-state index contributed by atoms with van der Waals surface area (Å²) in [5.74, 6) is 0. The Morgan fingerprint density at radius 1 is 1.24 bits per heavy atom. The topological polar surface area (TPSA) is 18.5 Å². The summed E-state index contributed by atoms with van der Waals surface area (Å²) >= 11 is 5.43. The number of nitrogens with one attached hydrogen (secondary N) is 1. The number of rotatable bonds is 3. The first-order chi connectivity index (χ1) is 8.31. The highest BCUT2D eigenvalue weighted by Crippen LogP contribution is 2.20. The van der Waals surface area contributed by atoms with E-state index in [-0.39, 0.29) is 0 Å². The molecule has 2 aliphatic rings. The van der Waals surface area contributed by atoms with E-state index < -0.39 is 0 Å². The zero-order valence-corrected chi connectivity index (χ0v) is 11.8. The van der Waals surface area contributed by atoms with E-state index in [0.29, 0.717) is 0 Å². The maximum atomic E-state index is 5.43. The van der Waals surface area contributed by atoms with Gasteiger partial charge in [0.1, 0.15) is 0 Å².